The highest BCUT2D eigenvalue weighted by Crippen LogP contribution is 2.33. The quantitative estimate of drug-likeness (QED) is 0.321. The maximum absolute atomic E-state index is 14.4. The Morgan fingerprint density at radius 2 is 1.03 bits per heavy atom. The molecule has 8 heteroatoms. The van der Waals surface area contributed by atoms with E-state index in [2.05, 4.69) is 19.9 Å². The Kier molecular flexibility index (Phi) is 5.22. The maximum Gasteiger partial charge on any atom is 0.212 e. The predicted octanol–water partition coefficient (Wildman–Crippen LogP) is 5.48. The summed E-state index contributed by atoms with van der Waals surface area (Å²) in [4.78, 5) is 16.1. The van der Waals surface area contributed by atoms with E-state index in [1.54, 1.807) is 13.8 Å². The first-order chi connectivity index (χ1) is 14.7. The van der Waals surface area contributed by atoms with Crippen LogP contribution < -0.4 is 0 Å². The largest absolute Gasteiger partial charge is 0.252 e. The molecule has 0 N–H and O–H groups in total. The lowest BCUT2D eigenvalue weighted by Gasteiger charge is -2.25. The molecule has 4 aromatic rings. The summed E-state index contributed by atoms with van der Waals surface area (Å²) in [6, 6.07) is 10.1. The van der Waals surface area contributed by atoms with Gasteiger partial charge in [-0.1, -0.05) is 0 Å². The van der Waals surface area contributed by atoms with Gasteiger partial charge in [0, 0.05) is 41.1 Å². The van der Waals surface area contributed by atoms with Crippen molar-refractivity contribution in [3.05, 3.63) is 95.8 Å². The van der Waals surface area contributed by atoms with Crippen molar-refractivity contribution in [2.45, 2.75) is 19.3 Å². The summed E-state index contributed by atoms with van der Waals surface area (Å²) >= 11 is 0. The molecule has 0 bridgehead atoms. The van der Waals surface area contributed by atoms with Crippen molar-refractivity contribution in [2.75, 3.05) is 0 Å². The summed E-state index contributed by atoms with van der Waals surface area (Å²) in [5.41, 5.74) is 0.992. The van der Waals surface area contributed by atoms with Gasteiger partial charge in [-0.3, -0.25) is 9.97 Å². The first-order valence-corrected chi connectivity index (χ1v) is 9.32. The lowest BCUT2D eigenvalue weighted by molar-refractivity contribution is 0.560. The van der Waals surface area contributed by atoms with Crippen LogP contribution in [0.1, 0.15) is 25.2 Å². The van der Waals surface area contributed by atoms with Crippen LogP contribution in [0.5, 0.6) is 0 Å². The molecule has 0 aliphatic carbocycles. The van der Waals surface area contributed by atoms with Crippen molar-refractivity contribution in [3.8, 4) is 22.5 Å². The van der Waals surface area contributed by atoms with Crippen LogP contribution in [0, 0.1) is 23.5 Å². The number of nitrogens with zero attached hydrogens (tertiary/aromatic N) is 4. The van der Waals surface area contributed by atoms with Crippen LogP contribution in [-0.4, -0.2) is 19.9 Å². The molecule has 4 nitrogen and oxygen atoms in total. The van der Waals surface area contributed by atoms with Gasteiger partial charge in [0.1, 0.15) is 11.6 Å². The minimum absolute atomic E-state index is 0.259. The van der Waals surface area contributed by atoms with E-state index >= 15 is 0 Å². The second-order valence-corrected chi connectivity index (χ2v) is 7.48. The van der Waals surface area contributed by atoms with Gasteiger partial charge in [0.15, 0.2) is 0 Å². The van der Waals surface area contributed by atoms with E-state index in [1.165, 1.54) is 48.8 Å². The molecule has 0 spiro atoms. The molecular formula is C23H16F4N4. The molecule has 0 atom stereocenters. The van der Waals surface area contributed by atoms with Crippen molar-refractivity contribution < 1.29 is 17.6 Å². The van der Waals surface area contributed by atoms with Gasteiger partial charge >= 0.3 is 0 Å². The van der Waals surface area contributed by atoms with Crippen molar-refractivity contribution >= 4 is 0 Å². The van der Waals surface area contributed by atoms with E-state index in [0.29, 0.717) is 22.5 Å². The fraction of sp³-hybridized carbons (Fsp3) is 0.130. The Morgan fingerprint density at radius 3 is 1.39 bits per heavy atom. The van der Waals surface area contributed by atoms with E-state index in [9.17, 15) is 17.6 Å². The zero-order chi connectivity index (χ0) is 22.2. The number of hydrogen-bond acceptors (Lipinski definition) is 4. The summed E-state index contributed by atoms with van der Waals surface area (Å²) in [5, 5.41) is 0. The standard InChI is InChI=1S/C23H16F4N4/c1-23(2,19-9-15(24)7-17(30-19)13-3-5-21(26)28-11-13)20-10-16(25)8-18(31-20)14-4-6-22(27)29-12-14/h3-12H,1-2H3. The lowest BCUT2D eigenvalue weighted by Crippen LogP contribution is -2.23. The minimum atomic E-state index is -0.991. The van der Waals surface area contributed by atoms with Crippen molar-refractivity contribution in [3.63, 3.8) is 0 Å². The third kappa shape index (κ3) is 4.28. The average Bonchev–Trinajstić information content (AvgIpc) is 2.74. The number of hydrogen-bond donors (Lipinski definition) is 0. The third-order valence-corrected chi connectivity index (χ3v) is 4.91. The first-order valence-electron chi connectivity index (χ1n) is 9.32. The molecule has 0 fully saturated rings. The Morgan fingerprint density at radius 1 is 0.613 bits per heavy atom. The SMILES string of the molecule is CC(C)(c1cc(F)cc(-c2ccc(F)nc2)n1)c1cc(F)cc(-c2ccc(F)nc2)n1. The summed E-state index contributed by atoms with van der Waals surface area (Å²) in [6.45, 7) is 3.46. The fourth-order valence-corrected chi connectivity index (χ4v) is 3.12. The summed E-state index contributed by atoms with van der Waals surface area (Å²) in [6.07, 6.45) is 2.52. The molecule has 0 unspecified atom stereocenters. The highest BCUT2D eigenvalue weighted by molar-refractivity contribution is 5.60. The maximum atomic E-state index is 14.4. The predicted molar refractivity (Wildman–Crippen MR) is 107 cm³/mol. The molecule has 31 heavy (non-hydrogen) atoms. The Bertz CT molecular complexity index is 1140. The second kappa shape index (κ2) is 7.86. The van der Waals surface area contributed by atoms with Gasteiger partial charge in [-0.25, -0.2) is 18.7 Å². The third-order valence-electron chi connectivity index (χ3n) is 4.91. The molecule has 0 aliphatic rings. The lowest BCUT2D eigenvalue weighted by atomic mass is 9.84. The van der Waals surface area contributed by atoms with Gasteiger partial charge in [0.2, 0.25) is 11.9 Å². The molecule has 0 aliphatic heterocycles. The van der Waals surface area contributed by atoms with Crippen molar-refractivity contribution in [1.82, 2.24) is 19.9 Å². The molecule has 0 radical (unpaired) electrons. The first kappa shape index (κ1) is 20.6. The summed E-state index contributed by atoms with van der Waals surface area (Å²) in [5.74, 6) is -2.44. The monoisotopic (exact) mass is 424 g/mol. The Hall–Kier alpha value is -3.68. The van der Waals surface area contributed by atoms with E-state index in [4.69, 9.17) is 0 Å². The van der Waals surface area contributed by atoms with Crippen LogP contribution in [0.3, 0.4) is 0 Å². The molecule has 0 amide bonds. The molecule has 0 saturated heterocycles. The van der Waals surface area contributed by atoms with Gasteiger partial charge in [-0.2, -0.15) is 8.78 Å². The molecule has 0 aromatic carbocycles. The van der Waals surface area contributed by atoms with Gasteiger partial charge in [0.05, 0.1) is 22.8 Å². The average molecular weight is 424 g/mol. The van der Waals surface area contributed by atoms with Gasteiger partial charge < -0.3 is 0 Å². The molecule has 0 saturated carbocycles. The van der Waals surface area contributed by atoms with E-state index in [1.807, 2.05) is 0 Å². The zero-order valence-electron chi connectivity index (χ0n) is 16.6. The Labute approximate surface area is 175 Å². The van der Waals surface area contributed by atoms with E-state index in [0.717, 1.165) is 12.1 Å². The van der Waals surface area contributed by atoms with Crippen LogP contribution in [0.15, 0.2) is 60.9 Å². The fourth-order valence-electron chi connectivity index (χ4n) is 3.12. The zero-order valence-corrected chi connectivity index (χ0v) is 16.6. The van der Waals surface area contributed by atoms with Gasteiger partial charge in [0.25, 0.3) is 0 Å². The van der Waals surface area contributed by atoms with Crippen LogP contribution in [-0.2, 0) is 5.41 Å². The summed E-state index contributed by atoms with van der Waals surface area (Å²) in [7, 11) is 0. The van der Waals surface area contributed by atoms with Gasteiger partial charge in [-0.15, -0.1) is 0 Å². The molecule has 4 heterocycles. The Balaban J connectivity index is 1.79. The van der Waals surface area contributed by atoms with Crippen molar-refractivity contribution in [2.24, 2.45) is 0 Å². The molecule has 156 valence electrons. The minimum Gasteiger partial charge on any atom is -0.252 e. The normalized spacial score (nSPS) is 11.5. The topological polar surface area (TPSA) is 51.6 Å². The highest BCUT2D eigenvalue weighted by Gasteiger charge is 2.29. The van der Waals surface area contributed by atoms with Gasteiger partial charge in [-0.05, 0) is 50.2 Å². The molecular weight excluding hydrogens is 408 g/mol. The molecule has 4 aromatic heterocycles. The molecule has 4 rings (SSSR count). The van der Waals surface area contributed by atoms with Crippen LogP contribution in [0.4, 0.5) is 17.6 Å². The van der Waals surface area contributed by atoms with Crippen molar-refractivity contribution in [1.29, 1.82) is 0 Å². The van der Waals surface area contributed by atoms with E-state index < -0.39 is 28.9 Å². The number of aromatic nitrogens is 4. The van der Waals surface area contributed by atoms with Crippen LogP contribution in [0.2, 0.25) is 0 Å². The number of rotatable bonds is 4. The summed E-state index contributed by atoms with van der Waals surface area (Å²) < 4.78 is 55.1. The van der Waals surface area contributed by atoms with Crippen LogP contribution >= 0.6 is 0 Å². The highest BCUT2D eigenvalue weighted by atomic mass is 19.1. The smallest absolute Gasteiger partial charge is 0.212 e. The van der Waals surface area contributed by atoms with Crippen LogP contribution in [0.25, 0.3) is 22.5 Å². The number of pyridine rings is 4. The number of halogens is 4. The second-order valence-electron chi connectivity index (χ2n) is 7.48. The van der Waals surface area contributed by atoms with E-state index in [-0.39, 0.29) is 11.4 Å².